The van der Waals surface area contributed by atoms with Gasteiger partial charge in [-0.3, -0.25) is 10.2 Å². The van der Waals surface area contributed by atoms with Gasteiger partial charge in [0.2, 0.25) is 0 Å². The third-order valence-electron chi connectivity index (χ3n) is 1.32. The van der Waals surface area contributed by atoms with Crippen LogP contribution in [-0.4, -0.2) is 5.91 Å². The van der Waals surface area contributed by atoms with Gasteiger partial charge in [0.1, 0.15) is 0 Å². The van der Waals surface area contributed by atoms with Crippen LogP contribution >= 0.6 is 23.2 Å². The average molecular weight is 205 g/mol. The molecule has 12 heavy (non-hydrogen) atoms. The van der Waals surface area contributed by atoms with Gasteiger partial charge in [0.25, 0.3) is 5.91 Å². The Hall–Kier alpha value is -0.770. The minimum Gasteiger partial charge on any atom is -0.290 e. The molecule has 0 radical (unpaired) electrons. The molecule has 0 spiro atoms. The van der Waals surface area contributed by atoms with E-state index in [1.165, 1.54) is 0 Å². The Kier molecular flexibility index (Phi) is 2.92. The van der Waals surface area contributed by atoms with Crippen LogP contribution in [0.15, 0.2) is 18.2 Å². The molecule has 0 saturated heterocycles. The predicted molar refractivity (Wildman–Crippen MR) is 48.1 cm³/mol. The van der Waals surface area contributed by atoms with Crippen molar-refractivity contribution in [3.8, 4) is 0 Å². The topological polar surface area (TPSA) is 55.1 Å². The summed E-state index contributed by atoms with van der Waals surface area (Å²) in [6.07, 6.45) is 0. The Labute approximate surface area is 79.4 Å². The monoisotopic (exact) mass is 204 g/mol. The first kappa shape index (κ1) is 9.32. The highest BCUT2D eigenvalue weighted by atomic mass is 35.5. The Morgan fingerprint density at radius 2 is 1.83 bits per heavy atom. The number of nitrogens with one attached hydrogen (secondary N) is 1. The van der Waals surface area contributed by atoms with Crippen LogP contribution in [0.2, 0.25) is 10.0 Å². The molecular weight excluding hydrogens is 199 g/mol. The van der Waals surface area contributed by atoms with Gasteiger partial charge in [-0.25, -0.2) is 5.84 Å². The lowest BCUT2D eigenvalue weighted by Crippen LogP contribution is -2.30. The van der Waals surface area contributed by atoms with Crippen molar-refractivity contribution < 1.29 is 4.79 Å². The first-order valence-electron chi connectivity index (χ1n) is 3.11. The fourth-order valence-corrected chi connectivity index (χ4v) is 1.36. The van der Waals surface area contributed by atoms with Gasteiger partial charge in [-0.1, -0.05) is 29.3 Å². The van der Waals surface area contributed by atoms with Gasteiger partial charge >= 0.3 is 0 Å². The van der Waals surface area contributed by atoms with Crippen molar-refractivity contribution in [2.24, 2.45) is 5.84 Å². The summed E-state index contributed by atoms with van der Waals surface area (Å²) in [6.45, 7) is 0. The van der Waals surface area contributed by atoms with Crippen molar-refractivity contribution >= 4 is 29.1 Å². The van der Waals surface area contributed by atoms with Gasteiger partial charge < -0.3 is 0 Å². The number of amides is 1. The highest BCUT2D eigenvalue weighted by molar-refractivity contribution is 6.39. The molecule has 1 aromatic carbocycles. The lowest BCUT2D eigenvalue weighted by Gasteiger charge is -2.03. The van der Waals surface area contributed by atoms with Gasteiger partial charge in [-0.2, -0.15) is 0 Å². The standard InChI is InChI=1S/C7H6Cl2N2O/c8-4-2-1-3-5(9)6(4)7(12)11-10/h1-3H,10H2,(H,11,12). The average Bonchev–Trinajstić information content (AvgIpc) is 2.03. The van der Waals surface area contributed by atoms with Crippen molar-refractivity contribution in [2.75, 3.05) is 0 Å². The summed E-state index contributed by atoms with van der Waals surface area (Å²) >= 11 is 11.4. The summed E-state index contributed by atoms with van der Waals surface area (Å²) in [5, 5.41) is 0.566. The van der Waals surface area contributed by atoms with E-state index in [4.69, 9.17) is 29.0 Å². The van der Waals surface area contributed by atoms with E-state index < -0.39 is 5.91 Å². The molecule has 0 aliphatic heterocycles. The van der Waals surface area contributed by atoms with Crippen molar-refractivity contribution in [2.45, 2.75) is 0 Å². The third-order valence-corrected chi connectivity index (χ3v) is 1.95. The predicted octanol–water partition coefficient (Wildman–Crippen LogP) is 1.60. The van der Waals surface area contributed by atoms with E-state index >= 15 is 0 Å². The highest BCUT2D eigenvalue weighted by Gasteiger charge is 2.12. The van der Waals surface area contributed by atoms with Crippen LogP contribution in [0, 0.1) is 0 Å². The lowest BCUT2D eigenvalue weighted by molar-refractivity contribution is 0.0954. The van der Waals surface area contributed by atoms with E-state index in [9.17, 15) is 4.79 Å². The Bertz CT molecular complexity index is 294. The summed E-state index contributed by atoms with van der Waals surface area (Å²) in [5.74, 6) is 4.43. The molecule has 0 fully saturated rings. The van der Waals surface area contributed by atoms with Gasteiger partial charge in [0.05, 0.1) is 15.6 Å². The van der Waals surface area contributed by atoms with Crippen molar-refractivity contribution in [1.29, 1.82) is 0 Å². The Balaban J connectivity index is 3.21. The first-order chi connectivity index (χ1) is 5.66. The number of hydrogen-bond acceptors (Lipinski definition) is 2. The number of benzene rings is 1. The number of carbonyl (C=O) groups is 1. The molecule has 3 N–H and O–H groups in total. The quantitative estimate of drug-likeness (QED) is 0.415. The first-order valence-corrected chi connectivity index (χ1v) is 3.87. The SMILES string of the molecule is NNC(=O)c1c(Cl)cccc1Cl. The van der Waals surface area contributed by atoms with Crippen LogP contribution in [-0.2, 0) is 0 Å². The molecule has 0 unspecified atom stereocenters. The van der Waals surface area contributed by atoms with Crippen LogP contribution in [0.4, 0.5) is 0 Å². The maximum Gasteiger partial charge on any atom is 0.268 e. The molecule has 0 atom stereocenters. The fourth-order valence-electron chi connectivity index (χ4n) is 0.787. The van der Waals surface area contributed by atoms with E-state index in [0.29, 0.717) is 0 Å². The second-order valence-corrected chi connectivity index (χ2v) is 2.88. The molecule has 64 valence electrons. The summed E-state index contributed by atoms with van der Waals surface area (Å²) in [4.78, 5) is 11.1. The maximum atomic E-state index is 11.1. The number of nitrogen functional groups attached to an aromatic ring is 1. The van der Waals surface area contributed by atoms with Crippen LogP contribution in [0.25, 0.3) is 0 Å². The summed E-state index contributed by atoms with van der Waals surface area (Å²) in [7, 11) is 0. The molecule has 0 aromatic heterocycles. The van der Waals surface area contributed by atoms with E-state index in [1.807, 2.05) is 5.43 Å². The number of rotatable bonds is 1. The number of halogens is 2. The van der Waals surface area contributed by atoms with Crippen LogP contribution in [0.1, 0.15) is 10.4 Å². The van der Waals surface area contributed by atoms with E-state index in [-0.39, 0.29) is 15.6 Å². The minimum absolute atomic E-state index is 0.198. The third kappa shape index (κ3) is 1.69. The molecule has 0 heterocycles. The minimum atomic E-state index is -0.495. The zero-order valence-electron chi connectivity index (χ0n) is 5.97. The molecule has 0 aliphatic carbocycles. The van der Waals surface area contributed by atoms with Crippen molar-refractivity contribution in [1.82, 2.24) is 5.43 Å². The number of nitrogens with two attached hydrogens (primary N) is 1. The molecule has 5 heteroatoms. The molecule has 0 aliphatic rings. The smallest absolute Gasteiger partial charge is 0.268 e. The van der Waals surface area contributed by atoms with Gasteiger partial charge in [-0.15, -0.1) is 0 Å². The molecule has 1 rings (SSSR count). The van der Waals surface area contributed by atoms with Crippen LogP contribution in [0.3, 0.4) is 0 Å². The zero-order valence-corrected chi connectivity index (χ0v) is 7.49. The van der Waals surface area contributed by atoms with Gasteiger partial charge in [0, 0.05) is 0 Å². The summed E-state index contributed by atoms with van der Waals surface area (Å²) in [5.41, 5.74) is 2.15. The highest BCUT2D eigenvalue weighted by Crippen LogP contribution is 2.23. The van der Waals surface area contributed by atoms with Crippen molar-refractivity contribution in [3.05, 3.63) is 33.8 Å². The maximum absolute atomic E-state index is 11.1. The fraction of sp³-hybridized carbons (Fsp3) is 0. The van der Waals surface area contributed by atoms with Crippen LogP contribution in [0.5, 0.6) is 0 Å². The molecule has 3 nitrogen and oxygen atoms in total. The van der Waals surface area contributed by atoms with Crippen molar-refractivity contribution in [3.63, 3.8) is 0 Å². The number of carbonyl (C=O) groups excluding carboxylic acids is 1. The molecular formula is C7H6Cl2N2O. The lowest BCUT2D eigenvalue weighted by atomic mass is 10.2. The Morgan fingerprint density at radius 1 is 1.33 bits per heavy atom. The molecule has 1 amide bonds. The van der Waals surface area contributed by atoms with Crippen LogP contribution < -0.4 is 11.3 Å². The normalized spacial score (nSPS) is 9.58. The second-order valence-electron chi connectivity index (χ2n) is 2.07. The van der Waals surface area contributed by atoms with Gasteiger partial charge in [0.15, 0.2) is 0 Å². The summed E-state index contributed by atoms with van der Waals surface area (Å²) < 4.78 is 0. The zero-order chi connectivity index (χ0) is 9.14. The number of hydrazine groups is 1. The van der Waals surface area contributed by atoms with Gasteiger partial charge in [-0.05, 0) is 12.1 Å². The summed E-state index contributed by atoms with van der Waals surface area (Å²) in [6, 6.07) is 4.79. The largest absolute Gasteiger partial charge is 0.290 e. The molecule has 0 bridgehead atoms. The van der Waals surface area contributed by atoms with E-state index in [2.05, 4.69) is 0 Å². The van der Waals surface area contributed by atoms with E-state index in [0.717, 1.165) is 0 Å². The second kappa shape index (κ2) is 3.76. The number of hydrogen-bond donors (Lipinski definition) is 2. The Morgan fingerprint density at radius 3 is 2.25 bits per heavy atom. The molecule has 1 aromatic rings. The molecule has 0 saturated carbocycles. The van der Waals surface area contributed by atoms with E-state index in [1.54, 1.807) is 18.2 Å².